The second kappa shape index (κ2) is 5.77. The molecule has 6 heteroatoms. The van der Waals surface area contributed by atoms with Crippen LogP contribution >= 0.6 is 0 Å². The van der Waals surface area contributed by atoms with E-state index in [0.717, 1.165) is 11.1 Å². The van der Waals surface area contributed by atoms with Gasteiger partial charge in [0.15, 0.2) is 0 Å². The molecular weight excluding hydrogens is 278 g/mol. The van der Waals surface area contributed by atoms with Gasteiger partial charge in [-0.3, -0.25) is 9.36 Å². The number of imidazole rings is 1. The standard InChI is InChI=1S/C16H15N5O/c1-11-3-4-13(7-12(11)2)16(22)20-14-8-15(19-9-18-14)21-6-5-17-10-21/h3-10H,1-2H3,(H,18,19,20,22). The van der Waals surface area contributed by atoms with E-state index in [2.05, 4.69) is 20.3 Å². The van der Waals surface area contributed by atoms with Crippen molar-refractivity contribution in [1.29, 1.82) is 0 Å². The average Bonchev–Trinajstić information content (AvgIpc) is 3.04. The molecule has 0 aliphatic carbocycles. The van der Waals surface area contributed by atoms with Gasteiger partial charge >= 0.3 is 0 Å². The molecule has 2 aromatic heterocycles. The highest BCUT2D eigenvalue weighted by Gasteiger charge is 2.09. The lowest BCUT2D eigenvalue weighted by Gasteiger charge is -2.08. The van der Waals surface area contributed by atoms with Gasteiger partial charge in [-0.25, -0.2) is 15.0 Å². The van der Waals surface area contributed by atoms with E-state index in [9.17, 15) is 4.79 Å². The van der Waals surface area contributed by atoms with Gasteiger partial charge in [0, 0.05) is 24.0 Å². The second-order valence-corrected chi connectivity index (χ2v) is 4.98. The smallest absolute Gasteiger partial charge is 0.256 e. The fraction of sp³-hybridized carbons (Fsp3) is 0.125. The van der Waals surface area contributed by atoms with Crippen LogP contribution in [0, 0.1) is 13.8 Å². The van der Waals surface area contributed by atoms with Crippen molar-refractivity contribution in [3.8, 4) is 5.82 Å². The number of anilines is 1. The van der Waals surface area contributed by atoms with Gasteiger partial charge in [-0.1, -0.05) is 6.07 Å². The summed E-state index contributed by atoms with van der Waals surface area (Å²) in [6.07, 6.45) is 6.48. The van der Waals surface area contributed by atoms with Crippen LogP contribution in [0.15, 0.2) is 49.3 Å². The lowest BCUT2D eigenvalue weighted by molar-refractivity contribution is 0.102. The minimum atomic E-state index is -0.196. The lowest BCUT2D eigenvalue weighted by Crippen LogP contribution is -2.14. The maximum Gasteiger partial charge on any atom is 0.256 e. The number of hydrogen-bond acceptors (Lipinski definition) is 4. The topological polar surface area (TPSA) is 72.7 Å². The Hall–Kier alpha value is -3.02. The Morgan fingerprint density at radius 3 is 2.73 bits per heavy atom. The van der Waals surface area contributed by atoms with Gasteiger partial charge < -0.3 is 5.32 Å². The van der Waals surface area contributed by atoms with Crippen molar-refractivity contribution in [2.24, 2.45) is 0 Å². The quantitative estimate of drug-likeness (QED) is 0.805. The van der Waals surface area contributed by atoms with Crippen molar-refractivity contribution < 1.29 is 4.79 Å². The van der Waals surface area contributed by atoms with Gasteiger partial charge in [0.1, 0.15) is 24.3 Å². The number of nitrogens with zero attached hydrogens (tertiary/aromatic N) is 4. The van der Waals surface area contributed by atoms with Crippen LogP contribution in [0.1, 0.15) is 21.5 Å². The predicted octanol–water partition coefficient (Wildman–Crippen LogP) is 2.53. The first-order chi connectivity index (χ1) is 10.6. The number of nitrogens with one attached hydrogen (secondary N) is 1. The normalized spacial score (nSPS) is 10.5. The van der Waals surface area contributed by atoms with Crippen LogP contribution in [0.4, 0.5) is 5.82 Å². The summed E-state index contributed by atoms with van der Waals surface area (Å²) >= 11 is 0. The zero-order chi connectivity index (χ0) is 15.5. The van der Waals surface area contributed by atoms with E-state index in [1.807, 2.05) is 26.0 Å². The Balaban J connectivity index is 1.82. The van der Waals surface area contributed by atoms with E-state index in [4.69, 9.17) is 0 Å². The first-order valence-corrected chi connectivity index (χ1v) is 6.82. The Morgan fingerprint density at radius 2 is 2.00 bits per heavy atom. The van der Waals surface area contributed by atoms with E-state index in [1.165, 1.54) is 6.33 Å². The largest absolute Gasteiger partial charge is 0.306 e. The van der Waals surface area contributed by atoms with Crippen LogP contribution < -0.4 is 5.32 Å². The molecule has 0 radical (unpaired) electrons. The molecule has 0 fully saturated rings. The molecule has 1 N–H and O–H groups in total. The second-order valence-electron chi connectivity index (χ2n) is 4.98. The molecule has 0 spiro atoms. The van der Waals surface area contributed by atoms with Crippen molar-refractivity contribution in [2.45, 2.75) is 13.8 Å². The average molecular weight is 293 g/mol. The molecule has 0 unspecified atom stereocenters. The molecule has 22 heavy (non-hydrogen) atoms. The third-order valence-corrected chi connectivity index (χ3v) is 3.43. The summed E-state index contributed by atoms with van der Waals surface area (Å²) in [6.45, 7) is 3.99. The van der Waals surface area contributed by atoms with Crippen LogP contribution in [0.2, 0.25) is 0 Å². The summed E-state index contributed by atoms with van der Waals surface area (Å²) in [4.78, 5) is 24.5. The van der Waals surface area contributed by atoms with E-state index in [0.29, 0.717) is 17.2 Å². The van der Waals surface area contributed by atoms with E-state index in [-0.39, 0.29) is 5.91 Å². The Bertz CT molecular complexity index is 811. The summed E-state index contributed by atoms with van der Waals surface area (Å²) in [7, 11) is 0. The maximum atomic E-state index is 12.3. The van der Waals surface area contributed by atoms with E-state index < -0.39 is 0 Å². The molecule has 110 valence electrons. The first kappa shape index (κ1) is 13.9. The minimum absolute atomic E-state index is 0.196. The molecule has 0 saturated carbocycles. The number of hydrogen-bond donors (Lipinski definition) is 1. The first-order valence-electron chi connectivity index (χ1n) is 6.82. The van der Waals surface area contributed by atoms with Gasteiger partial charge in [-0.05, 0) is 37.1 Å². The number of carbonyl (C=O) groups excluding carboxylic acids is 1. The lowest BCUT2D eigenvalue weighted by atomic mass is 10.1. The maximum absolute atomic E-state index is 12.3. The van der Waals surface area contributed by atoms with E-state index >= 15 is 0 Å². The molecule has 6 nitrogen and oxygen atoms in total. The molecule has 1 amide bonds. The van der Waals surface area contributed by atoms with Crippen molar-refractivity contribution in [2.75, 3.05) is 5.32 Å². The van der Waals surface area contributed by atoms with Crippen molar-refractivity contribution in [1.82, 2.24) is 19.5 Å². The Morgan fingerprint density at radius 1 is 1.14 bits per heavy atom. The summed E-state index contributed by atoms with van der Waals surface area (Å²) in [5.41, 5.74) is 2.83. The highest BCUT2D eigenvalue weighted by molar-refractivity contribution is 6.03. The van der Waals surface area contributed by atoms with Gasteiger partial charge in [0.05, 0.1) is 0 Å². The molecule has 0 bridgehead atoms. The zero-order valence-corrected chi connectivity index (χ0v) is 12.3. The molecule has 0 aliphatic heterocycles. The van der Waals surface area contributed by atoms with Crippen LogP contribution in [0.5, 0.6) is 0 Å². The van der Waals surface area contributed by atoms with Crippen LogP contribution in [-0.4, -0.2) is 25.4 Å². The van der Waals surface area contributed by atoms with Crippen LogP contribution in [0.3, 0.4) is 0 Å². The van der Waals surface area contributed by atoms with Gasteiger partial charge in [0.2, 0.25) is 0 Å². The molecule has 1 aromatic carbocycles. The van der Waals surface area contributed by atoms with Gasteiger partial charge in [-0.2, -0.15) is 0 Å². The van der Waals surface area contributed by atoms with Gasteiger partial charge in [0.25, 0.3) is 5.91 Å². The summed E-state index contributed by atoms with van der Waals surface area (Å²) in [5.74, 6) is 0.892. The number of carbonyl (C=O) groups is 1. The number of aryl methyl sites for hydroxylation is 2. The number of amides is 1. The van der Waals surface area contributed by atoms with Crippen molar-refractivity contribution in [3.05, 3.63) is 66.0 Å². The molecule has 2 heterocycles. The molecule has 0 aliphatic rings. The third kappa shape index (κ3) is 2.85. The van der Waals surface area contributed by atoms with Crippen molar-refractivity contribution >= 4 is 11.7 Å². The molecule has 0 atom stereocenters. The van der Waals surface area contributed by atoms with Crippen LogP contribution in [0.25, 0.3) is 5.82 Å². The summed E-state index contributed by atoms with van der Waals surface area (Å²) < 4.78 is 1.74. The van der Waals surface area contributed by atoms with Gasteiger partial charge in [-0.15, -0.1) is 0 Å². The molecule has 3 aromatic rings. The SMILES string of the molecule is Cc1ccc(C(=O)Nc2cc(-n3ccnc3)ncn2)cc1C. The summed E-state index contributed by atoms with van der Waals surface area (Å²) in [6, 6.07) is 7.29. The van der Waals surface area contributed by atoms with E-state index in [1.54, 1.807) is 35.4 Å². The highest BCUT2D eigenvalue weighted by atomic mass is 16.1. The molecule has 0 saturated heterocycles. The third-order valence-electron chi connectivity index (χ3n) is 3.43. The number of rotatable bonds is 3. The molecule has 3 rings (SSSR count). The minimum Gasteiger partial charge on any atom is -0.306 e. The predicted molar refractivity (Wildman–Crippen MR) is 83.0 cm³/mol. The monoisotopic (exact) mass is 293 g/mol. The fourth-order valence-electron chi connectivity index (χ4n) is 2.02. The highest BCUT2D eigenvalue weighted by Crippen LogP contribution is 2.13. The Kier molecular flexibility index (Phi) is 3.65. The zero-order valence-electron chi connectivity index (χ0n) is 12.3. The molecular formula is C16H15N5O. The van der Waals surface area contributed by atoms with Crippen LogP contribution in [-0.2, 0) is 0 Å². The number of benzene rings is 1. The fourth-order valence-corrected chi connectivity index (χ4v) is 2.02. The number of aromatic nitrogens is 4. The van der Waals surface area contributed by atoms with Crippen molar-refractivity contribution in [3.63, 3.8) is 0 Å². The summed E-state index contributed by atoms with van der Waals surface area (Å²) in [5, 5.41) is 2.78. The Labute approximate surface area is 127 Å².